The van der Waals surface area contributed by atoms with Crippen molar-refractivity contribution in [2.24, 2.45) is 0 Å². The highest BCUT2D eigenvalue weighted by molar-refractivity contribution is 6.00. The van der Waals surface area contributed by atoms with Gasteiger partial charge in [-0.05, 0) is 18.6 Å². The zero-order valence-electron chi connectivity index (χ0n) is 11.3. The molecule has 102 valence electrons. The first-order valence-corrected chi connectivity index (χ1v) is 6.46. The van der Waals surface area contributed by atoms with E-state index in [1.807, 2.05) is 31.2 Å². The monoisotopic (exact) mass is 261 g/mol. The van der Waals surface area contributed by atoms with Crippen molar-refractivity contribution in [3.8, 4) is 0 Å². The van der Waals surface area contributed by atoms with Gasteiger partial charge in [0.15, 0.2) is 0 Å². The number of amides is 2. The smallest absolute Gasteiger partial charge is 0.242 e. The number of fused-ring (bicyclic) bond motifs is 1. The molecular formula is C14H19N3O2. The highest BCUT2D eigenvalue weighted by atomic mass is 16.2. The van der Waals surface area contributed by atoms with Gasteiger partial charge in [-0.2, -0.15) is 0 Å². The summed E-state index contributed by atoms with van der Waals surface area (Å²) in [7, 11) is 1.74. The summed E-state index contributed by atoms with van der Waals surface area (Å²) in [6, 6.07) is 7.69. The van der Waals surface area contributed by atoms with E-state index in [9.17, 15) is 9.59 Å². The van der Waals surface area contributed by atoms with Gasteiger partial charge in [0.1, 0.15) is 6.54 Å². The van der Waals surface area contributed by atoms with E-state index in [1.54, 1.807) is 16.8 Å². The minimum Gasteiger partial charge on any atom is -0.344 e. The SMILES string of the molecule is CCN(C)C(=O)CN1C(=O)CNCc2ccccc21. The van der Waals surface area contributed by atoms with Crippen LogP contribution in [0.2, 0.25) is 0 Å². The Morgan fingerprint density at radius 3 is 2.84 bits per heavy atom. The molecule has 0 radical (unpaired) electrons. The van der Waals surface area contributed by atoms with Gasteiger partial charge in [-0.15, -0.1) is 0 Å². The van der Waals surface area contributed by atoms with Gasteiger partial charge in [0.2, 0.25) is 11.8 Å². The molecule has 1 heterocycles. The summed E-state index contributed by atoms with van der Waals surface area (Å²) in [6.07, 6.45) is 0. The molecule has 0 aliphatic carbocycles. The predicted molar refractivity (Wildman–Crippen MR) is 73.8 cm³/mol. The normalized spacial score (nSPS) is 14.8. The number of benzene rings is 1. The van der Waals surface area contributed by atoms with Gasteiger partial charge in [-0.1, -0.05) is 18.2 Å². The molecule has 0 bridgehead atoms. The Kier molecular flexibility index (Phi) is 4.16. The van der Waals surface area contributed by atoms with Crippen LogP contribution in [0.4, 0.5) is 5.69 Å². The van der Waals surface area contributed by atoms with Crippen molar-refractivity contribution in [1.29, 1.82) is 0 Å². The zero-order valence-corrected chi connectivity index (χ0v) is 11.3. The van der Waals surface area contributed by atoms with E-state index in [1.165, 1.54) is 0 Å². The molecule has 0 saturated carbocycles. The quantitative estimate of drug-likeness (QED) is 0.867. The Hall–Kier alpha value is -1.88. The van der Waals surface area contributed by atoms with E-state index in [2.05, 4.69) is 5.32 Å². The fourth-order valence-corrected chi connectivity index (χ4v) is 2.06. The summed E-state index contributed by atoms with van der Waals surface area (Å²) in [6.45, 7) is 3.56. The second kappa shape index (κ2) is 5.84. The predicted octanol–water partition coefficient (Wildman–Crippen LogP) is 0.601. The van der Waals surface area contributed by atoms with Crippen LogP contribution in [0.25, 0.3) is 0 Å². The number of rotatable bonds is 3. The number of likely N-dealkylation sites (N-methyl/N-ethyl adjacent to an activating group) is 1. The number of anilines is 1. The van der Waals surface area contributed by atoms with Crippen LogP contribution < -0.4 is 10.2 Å². The number of nitrogens with one attached hydrogen (secondary N) is 1. The molecule has 2 rings (SSSR count). The standard InChI is InChI=1S/C14H19N3O2/c1-3-16(2)14(19)10-17-12-7-5-4-6-11(12)8-15-9-13(17)18/h4-7,15H,3,8-10H2,1-2H3. The highest BCUT2D eigenvalue weighted by Crippen LogP contribution is 2.22. The lowest BCUT2D eigenvalue weighted by molar-refractivity contribution is -0.130. The molecule has 5 nitrogen and oxygen atoms in total. The zero-order chi connectivity index (χ0) is 13.8. The van der Waals surface area contributed by atoms with Crippen LogP contribution >= 0.6 is 0 Å². The maximum atomic E-state index is 12.1. The third-order valence-corrected chi connectivity index (χ3v) is 3.37. The summed E-state index contributed by atoms with van der Waals surface area (Å²) in [5, 5.41) is 3.08. The number of para-hydroxylation sites is 1. The third-order valence-electron chi connectivity index (χ3n) is 3.37. The van der Waals surface area contributed by atoms with E-state index >= 15 is 0 Å². The van der Waals surface area contributed by atoms with Crippen LogP contribution in [0.3, 0.4) is 0 Å². The number of hydrogen-bond acceptors (Lipinski definition) is 3. The Labute approximate surface area is 113 Å². The number of carbonyl (C=O) groups is 2. The van der Waals surface area contributed by atoms with Gasteiger partial charge in [-0.25, -0.2) is 0 Å². The summed E-state index contributed by atoms with van der Waals surface area (Å²) in [4.78, 5) is 27.3. The number of carbonyl (C=O) groups excluding carboxylic acids is 2. The van der Waals surface area contributed by atoms with Crippen molar-refractivity contribution in [3.05, 3.63) is 29.8 Å². The molecule has 0 atom stereocenters. The van der Waals surface area contributed by atoms with Crippen LogP contribution in [-0.2, 0) is 16.1 Å². The first-order chi connectivity index (χ1) is 9.13. The van der Waals surface area contributed by atoms with Gasteiger partial charge >= 0.3 is 0 Å². The van der Waals surface area contributed by atoms with Crippen LogP contribution in [0, 0.1) is 0 Å². The van der Waals surface area contributed by atoms with E-state index < -0.39 is 0 Å². The van der Waals surface area contributed by atoms with Gasteiger partial charge in [-0.3, -0.25) is 9.59 Å². The number of hydrogen-bond donors (Lipinski definition) is 1. The van der Waals surface area contributed by atoms with Crippen molar-refractivity contribution < 1.29 is 9.59 Å². The summed E-state index contributed by atoms with van der Waals surface area (Å²) in [5.74, 6) is -0.115. The molecular weight excluding hydrogens is 242 g/mol. The summed E-state index contributed by atoms with van der Waals surface area (Å²) < 4.78 is 0. The Balaban J connectivity index is 2.26. The Morgan fingerprint density at radius 1 is 1.37 bits per heavy atom. The molecule has 0 spiro atoms. The summed E-state index contributed by atoms with van der Waals surface area (Å²) >= 11 is 0. The van der Waals surface area contributed by atoms with Crippen LogP contribution in [-0.4, -0.2) is 43.4 Å². The van der Waals surface area contributed by atoms with Gasteiger partial charge in [0.05, 0.1) is 6.54 Å². The molecule has 0 unspecified atom stereocenters. The molecule has 1 aliphatic rings. The maximum absolute atomic E-state index is 12.1. The molecule has 0 fully saturated rings. The highest BCUT2D eigenvalue weighted by Gasteiger charge is 2.24. The van der Waals surface area contributed by atoms with Crippen molar-refractivity contribution in [3.63, 3.8) is 0 Å². The first-order valence-electron chi connectivity index (χ1n) is 6.46. The Bertz CT molecular complexity index is 487. The topological polar surface area (TPSA) is 52.7 Å². The molecule has 1 aliphatic heterocycles. The molecule has 1 aromatic rings. The first kappa shape index (κ1) is 13.5. The van der Waals surface area contributed by atoms with E-state index in [0.29, 0.717) is 13.1 Å². The van der Waals surface area contributed by atoms with Crippen molar-refractivity contribution in [2.75, 3.05) is 31.6 Å². The van der Waals surface area contributed by atoms with Gasteiger partial charge < -0.3 is 15.1 Å². The van der Waals surface area contributed by atoms with Crippen molar-refractivity contribution in [1.82, 2.24) is 10.2 Å². The second-order valence-corrected chi connectivity index (χ2v) is 4.62. The molecule has 0 aromatic heterocycles. The Morgan fingerprint density at radius 2 is 2.11 bits per heavy atom. The molecule has 1 N–H and O–H groups in total. The lowest BCUT2D eigenvalue weighted by atomic mass is 10.1. The molecule has 1 aromatic carbocycles. The minimum atomic E-state index is -0.0668. The fourth-order valence-electron chi connectivity index (χ4n) is 2.06. The van der Waals surface area contributed by atoms with E-state index in [4.69, 9.17) is 0 Å². The lowest BCUT2D eigenvalue weighted by Gasteiger charge is -2.24. The molecule has 19 heavy (non-hydrogen) atoms. The largest absolute Gasteiger partial charge is 0.344 e. The summed E-state index contributed by atoms with van der Waals surface area (Å²) in [5.41, 5.74) is 1.87. The average Bonchev–Trinajstić information content (AvgIpc) is 2.58. The average molecular weight is 261 g/mol. The number of nitrogens with zero attached hydrogens (tertiary/aromatic N) is 2. The fraction of sp³-hybridized carbons (Fsp3) is 0.429. The van der Waals surface area contributed by atoms with E-state index in [-0.39, 0.29) is 24.9 Å². The molecule has 2 amide bonds. The lowest BCUT2D eigenvalue weighted by Crippen LogP contribution is -2.43. The van der Waals surface area contributed by atoms with E-state index in [0.717, 1.165) is 11.3 Å². The van der Waals surface area contributed by atoms with Crippen LogP contribution in [0.5, 0.6) is 0 Å². The van der Waals surface area contributed by atoms with Gasteiger partial charge in [0, 0.05) is 25.8 Å². The van der Waals surface area contributed by atoms with Gasteiger partial charge in [0.25, 0.3) is 0 Å². The minimum absolute atomic E-state index is 0.0486. The second-order valence-electron chi connectivity index (χ2n) is 4.62. The third kappa shape index (κ3) is 2.93. The van der Waals surface area contributed by atoms with Crippen molar-refractivity contribution >= 4 is 17.5 Å². The van der Waals surface area contributed by atoms with Crippen LogP contribution in [0.15, 0.2) is 24.3 Å². The van der Waals surface area contributed by atoms with Crippen LogP contribution in [0.1, 0.15) is 12.5 Å². The maximum Gasteiger partial charge on any atom is 0.242 e. The molecule has 0 saturated heterocycles. The molecule has 5 heteroatoms. The van der Waals surface area contributed by atoms with Crippen molar-refractivity contribution in [2.45, 2.75) is 13.5 Å².